The number of hydrogen-bond acceptors (Lipinski definition) is 10. The van der Waals surface area contributed by atoms with Gasteiger partial charge >= 0.3 is 6.09 Å². The number of methoxy groups -OCH3 is 2. The topological polar surface area (TPSA) is 134 Å². The number of carbonyl (C=O) groups excluding carboxylic acids is 3. The standard InChI is InChI=1S/C47H43F2N5O6S/c1-27(32-8-7-20-51-43(32)53(24-28-9-13-30(58-5)14-10-28)25-29-11-15-31(59-6)16-12-29)54-21-19-33-35(45(54)56)22-39(49)40(37(33)26-55)34-17-18-38(48)42-41(34)36(23-50)44(61-42)52-46(57)60-47(2,3)4/h7-18,20,22,26-27H,19,21,24-25H2,1-6H3,(H,52,57). The number of rotatable bonds is 12. The van der Waals surface area contributed by atoms with Crippen molar-refractivity contribution in [1.29, 1.82) is 5.26 Å². The number of fused-ring (bicyclic) bond motifs is 2. The highest BCUT2D eigenvalue weighted by molar-refractivity contribution is 7.23. The molecule has 1 N–H and O–H groups in total. The summed E-state index contributed by atoms with van der Waals surface area (Å²) in [6.07, 6.45) is 1.54. The molecule has 0 fully saturated rings. The van der Waals surface area contributed by atoms with Gasteiger partial charge in [0.25, 0.3) is 5.91 Å². The van der Waals surface area contributed by atoms with Gasteiger partial charge in [-0.3, -0.25) is 14.9 Å². The van der Waals surface area contributed by atoms with Crippen LogP contribution in [0, 0.1) is 23.0 Å². The first kappa shape index (κ1) is 42.3. The largest absolute Gasteiger partial charge is 0.497 e. The predicted molar refractivity (Wildman–Crippen MR) is 230 cm³/mol. The van der Waals surface area contributed by atoms with E-state index in [1.807, 2.05) is 73.7 Å². The number of benzene rings is 4. The van der Waals surface area contributed by atoms with Crippen LogP contribution in [0.4, 0.5) is 24.4 Å². The van der Waals surface area contributed by atoms with Crippen molar-refractivity contribution in [2.45, 2.75) is 58.8 Å². The number of amides is 2. The molecule has 4 aromatic carbocycles. The highest BCUT2D eigenvalue weighted by Crippen LogP contribution is 2.45. The summed E-state index contributed by atoms with van der Waals surface area (Å²) in [5.41, 5.74) is 1.99. The van der Waals surface area contributed by atoms with Gasteiger partial charge in [0.15, 0.2) is 6.29 Å². The number of anilines is 2. The molecule has 2 amide bonds. The molecular formula is C47H43F2N5O6S. The smallest absolute Gasteiger partial charge is 0.412 e. The van der Waals surface area contributed by atoms with Crippen LogP contribution in [0.5, 0.6) is 11.5 Å². The zero-order valence-corrected chi connectivity index (χ0v) is 35.3. The van der Waals surface area contributed by atoms with E-state index in [-0.39, 0.29) is 55.9 Å². The summed E-state index contributed by atoms with van der Waals surface area (Å²) in [6.45, 7) is 8.06. The van der Waals surface area contributed by atoms with Gasteiger partial charge in [-0.15, -0.1) is 11.3 Å². The van der Waals surface area contributed by atoms with E-state index >= 15 is 8.78 Å². The summed E-state index contributed by atoms with van der Waals surface area (Å²) in [5, 5.41) is 12.8. The number of thiophene rings is 1. The van der Waals surface area contributed by atoms with Gasteiger partial charge in [-0.05, 0) is 98.8 Å². The van der Waals surface area contributed by atoms with Gasteiger partial charge in [0.05, 0.1) is 30.5 Å². The first-order chi connectivity index (χ1) is 29.2. The zero-order valence-electron chi connectivity index (χ0n) is 34.5. The Bertz CT molecular complexity index is 2640. The zero-order chi connectivity index (χ0) is 43.6. The highest BCUT2D eigenvalue weighted by Gasteiger charge is 2.35. The van der Waals surface area contributed by atoms with Gasteiger partial charge in [-0.1, -0.05) is 36.4 Å². The SMILES string of the molecule is COc1ccc(CN(Cc2ccc(OC)cc2)c2ncccc2C(C)N2CCc3c(cc(F)c(-c4ccc(F)c5sc(NC(=O)OC(C)(C)C)c(C#N)c45)c3C=O)C2=O)cc1. The fourth-order valence-corrected chi connectivity index (χ4v) is 8.75. The Hall–Kier alpha value is -6.85. The normalized spacial score (nSPS) is 13.0. The molecule has 6 aromatic rings. The van der Waals surface area contributed by atoms with Gasteiger partial charge in [0.1, 0.15) is 45.6 Å². The summed E-state index contributed by atoms with van der Waals surface area (Å²) < 4.78 is 48.1. The molecule has 0 aliphatic carbocycles. The van der Waals surface area contributed by atoms with Crippen molar-refractivity contribution in [3.8, 4) is 28.7 Å². The molecule has 61 heavy (non-hydrogen) atoms. The van der Waals surface area contributed by atoms with Crippen LogP contribution < -0.4 is 19.7 Å². The summed E-state index contributed by atoms with van der Waals surface area (Å²) >= 11 is 0.795. The van der Waals surface area contributed by atoms with Gasteiger partial charge in [0, 0.05) is 53.5 Å². The van der Waals surface area contributed by atoms with Gasteiger partial charge in [-0.2, -0.15) is 5.26 Å². The van der Waals surface area contributed by atoms with Crippen LogP contribution in [-0.2, 0) is 24.2 Å². The van der Waals surface area contributed by atoms with E-state index in [1.54, 1.807) is 46.1 Å². The van der Waals surface area contributed by atoms with E-state index < -0.39 is 35.3 Å². The number of ether oxygens (including phenoxy) is 3. The predicted octanol–water partition coefficient (Wildman–Crippen LogP) is 10.3. The van der Waals surface area contributed by atoms with Crippen LogP contribution in [0.1, 0.15) is 82.3 Å². The Labute approximate surface area is 356 Å². The monoisotopic (exact) mass is 843 g/mol. The highest BCUT2D eigenvalue weighted by atomic mass is 32.1. The summed E-state index contributed by atoms with van der Waals surface area (Å²) in [4.78, 5) is 48.8. The second-order valence-corrected chi connectivity index (χ2v) is 16.5. The van der Waals surface area contributed by atoms with Crippen molar-refractivity contribution in [2.75, 3.05) is 31.0 Å². The van der Waals surface area contributed by atoms with Crippen LogP contribution >= 0.6 is 11.3 Å². The molecule has 3 heterocycles. The van der Waals surface area contributed by atoms with Crippen molar-refractivity contribution in [3.63, 3.8) is 0 Å². The van der Waals surface area contributed by atoms with Gasteiger partial charge in [0.2, 0.25) is 0 Å². The number of carbonyl (C=O) groups is 3. The number of hydrogen-bond donors (Lipinski definition) is 1. The quantitative estimate of drug-likeness (QED) is 0.120. The minimum Gasteiger partial charge on any atom is -0.497 e. The van der Waals surface area contributed by atoms with Crippen molar-refractivity contribution in [3.05, 3.63) is 136 Å². The first-order valence-electron chi connectivity index (χ1n) is 19.5. The summed E-state index contributed by atoms with van der Waals surface area (Å²) in [6, 6.07) is 24.3. The number of aromatic nitrogens is 1. The molecule has 0 radical (unpaired) electrons. The number of aldehydes is 1. The van der Waals surface area contributed by atoms with E-state index in [0.717, 1.165) is 51.7 Å². The minimum atomic E-state index is -0.902. The molecule has 1 aliphatic heterocycles. The molecule has 0 spiro atoms. The minimum absolute atomic E-state index is 0.00487. The lowest BCUT2D eigenvalue weighted by Crippen LogP contribution is -2.40. The Balaban J connectivity index is 1.25. The fourth-order valence-electron chi connectivity index (χ4n) is 7.68. The maximum atomic E-state index is 16.7. The Kier molecular flexibility index (Phi) is 12.1. The van der Waals surface area contributed by atoms with E-state index in [0.29, 0.717) is 30.8 Å². The third-order valence-electron chi connectivity index (χ3n) is 10.5. The average molecular weight is 844 g/mol. The third kappa shape index (κ3) is 8.60. The van der Waals surface area contributed by atoms with Crippen LogP contribution in [0.2, 0.25) is 0 Å². The molecule has 1 aliphatic rings. The average Bonchev–Trinajstić information content (AvgIpc) is 3.61. The molecular weight excluding hydrogens is 801 g/mol. The Morgan fingerprint density at radius 3 is 2.20 bits per heavy atom. The Morgan fingerprint density at radius 1 is 0.984 bits per heavy atom. The van der Waals surface area contributed by atoms with Gasteiger partial charge < -0.3 is 24.0 Å². The number of nitrogens with one attached hydrogen (secondary N) is 1. The molecule has 7 rings (SSSR count). The molecule has 0 saturated carbocycles. The van der Waals surface area contributed by atoms with E-state index in [1.165, 1.54) is 6.07 Å². The second-order valence-electron chi connectivity index (χ2n) is 15.5. The molecule has 1 unspecified atom stereocenters. The maximum Gasteiger partial charge on any atom is 0.412 e. The summed E-state index contributed by atoms with van der Waals surface area (Å²) in [5.74, 6) is 0.0310. The number of pyridine rings is 1. The van der Waals surface area contributed by atoms with Crippen molar-refractivity contribution in [1.82, 2.24) is 9.88 Å². The van der Waals surface area contributed by atoms with E-state index in [9.17, 15) is 19.6 Å². The van der Waals surface area contributed by atoms with Crippen LogP contribution in [0.3, 0.4) is 0 Å². The molecule has 14 heteroatoms. The number of nitriles is 1. The van der Waals surface area contributed by atoms with Crippen molar-refractivity contribution in [2.24, 2.45) is 0 Å². The summed E-state index contributed by atoms with van der Waals surface area (Å²) in [7, 11) is 3.23. The maximum absolute atomic E-state index is 16.7. The number of nitrogens with zero attached hydrogens (tertiary/aromatic N) is 4. The van der Waals surface area contributed by atoms with Crippen LogP contribution in [0.15, 0.2) is 85.1 Å². The lowest BCUT2D eigenvalue weighted by Gasteiger charge is -2.36. The second kappa shape index (κ2) is 17.4. The van der Waals surface area contributed by atoms with Crippen molar-refractivity contribution < 1.29 is 37.4 Å². The van der Waals surface area contributed by atoms with Crippen LogP contribution in [-0.4, -0.2) is 54.5 Å². The molecule has 0 bridgehead atoms. The first-order valence-corrected chi connectivity index (χ1v) is 20.3. The molecule has 2 aromatic heterocycles. The molecule has 1 atom stereocenters. The lowest BCUT2D eigenvalue weighted by molar-refractivity contribution is 0.0634. The molecule has 312 valence electrons. The van der Waals surface area contributed by atoms with E-state index in [2.05, 4.69) is 10.2 Å². The molecule has 0 saturated heterocycles. The van der Waals surface area contributed by atoms with E-state index in [4.69, 9.17) is 19.2 Å². The lowest BCUT2D eigenvalue weighted by atomic mass is 9.86. The van der Waals surface area contributed by atoms with Gasteiger partial charge in [-0.25, -0.2) is 18.6 Å². The fraction of sp³-hybridized carbons (Fsp3) is 0.255. The van der Waals surface area contributed by atoms with Crippen LogP contribution in [0.25, 0.3) is 21.2 Å². The number of halogens is 2. The molecule has 11 nitrogen and oxygen atoms in total. The van der Waals surface area contributed by atoms with Crippen molar-refractivity contribution >= 4 is 50.5 Å². The third-order valence-corrected chi connectivity index (χ3v) is 11.6. The Morgan fingerprint density at radius 2 is 1.62 bits per heavy atom.